The standard InChI is InChI=1S/C15H21NO3S/c1-2-6-15(14(18)19)7-4-8-16(11-15)13(17)10-12-5-3-9-20-12/h3,5,9H,2,4,6-8,10-11H2,1H3,(H,18,19). The quantitative estimate of drug-likeness (QED) is 0.908. The molecule has 1 fully saturated rings. The Hall–Kier alpha value is -1.36. The lowest BCUT2D eigenvalue weighted by molar-refractivity contribution is -0.155. The van der Waals surface area contributed by atoms with Crippen LogP contribution in [0.25, 0.3) is 0 Å². The highest BCUT2D eigenvalue weighted by Gasteiger charge is 2.42. The summed E-state index contributed by atoms with van der Waals surface area (Å²) in [6.45, 7) is 3.04. The van der Waals surface area contributed by atoms with Gasteiger partial charge in [-0.2, -0.15) is 0 Å². The molecule has 0 radical (unpaired) electrons. The van der Waals surface area contributed by atoms with Gasteiger partial charge in [-0.25, -0.2) is 0 Å². The summed E-state index contributed by atoms with van der Waals surface area (Å²) < 4.78 is 0. The molecule has 2 heterocycles. The molecule has 1 unspecified atom stereocenters. The SMILES string of the molecule is CCCC1(C(=O)O)CCCN(C(=O)Cc2cccs2)C1. The van der Waals surface area contributed by atoms with Crippen molar-refractivity contribution in [3.8, 4) is 0 Å². The van der Waals surface area contributed by atoms with Crippen molar-refractivity contribution in [2.24, 2.45) is 5.41 Å². The van der Waals surface area contributed by atoms with E-state index in [1.54, 1.807) is 16.2 Å². The summed E-state index contributed by atoms with van der Waals surface area (Å²) >= 11 is 1.57. The van der Waals surface area contributed by atoms with E-state index in [0.29, 0.717) is 32.4 Å². The van der Waals surface area contributed by atoms with E-state index in [1.165, 1.54) is 0 Å². The number of rotatable bonds is 5. The molecule has 2 rings (SSSR count). The highest BCUT2D eigenvalue weighted by atomic mass is 32.1. The van der Waals surface area contributed by atoms with Crippen LogP contribution in [0.3, 0.4) is 0 Å². The van der Waals surface area contributed by atoms with Gasteiger partial charge in [-0.05, 0) is 30.7 Å². The van der Waals surface area contributed by atoms with Crippen LogP contribution in [0.15, 0.2) is 17.5 Å². The third-order valence-electron chi connectivity index (χ3n) is 4.02. The van der Waals surface area contributed by atoms with Crippen LogP contribution < -0.4 is 0 Å². The average Bonchev–Trinajstić information content (AvgIpc) is 2.92. The van der Waals surface area contributed by atoms with Crippen molar-refractivity contribution in [3.05, 3.63) is 22.4 Å². The summed E-state index contributed by atoms with van der Waals surface area (Å²) in [6, 6.07) is 3.88. The predicted molar refractivity (Wildman–Crippen MR) is 78.8 cm³/mol. The Balaban J connectivity index is 2.05. The van der Waals surface area contributed by atoms with Crippen molar-refractivity contribution < 1.29 is 14.7 Å². The van der Waals surface area contributed by atoms with Gasteiger partial charge >= 0.3 is 5.97 Å². The van der Waals surface area contributed by atoms with Crippen molar-refractivity contribution in [2.45, 2.75) is 39.0 Å². The molecule has 20 heavy (non-hydrogen) atoms. The molecular weight excluding hydrogens is 274 g/mol. The van der Waals surface area contributed by atoms with Gasteiger partial charge in [0, 0.05) is 18.0 Å². The third-order valence-corrected chi connectivity index (χ3v) is 4.89. The lowest BCUT2D eigenvalue weighted by Crippen LogP contribution is -2.50. The Kier molecular flexibility index (Phi) is 4.81. The normalized spacial score (nSPS) is 22.8. The molecule has 0 aliphatic carbocycles. The van der Waals surface area contributed by atoms with Crippen molar-refractivity contribution >= 4 is 23.2 Å². The summed E-state index contributed by atoms with van der Waals surface area (Å²) in [4.78, 5) is 26.7. The number of carboxylic acid groups (broad SMARTS) is 1. The molecule has 1 aromatic heterocycles. The molecule has 1 aliphatic rings. The monoisotopic (exact) mass is 295 g/mol. The second kappa shape index (κ2) is 6.39. The van der Waals surface area contributed by atoms with Crippen LogP contribution in [0, 0.1) is 5.41 Å². The number of nitrogens with zero attached hydrogens (tertiary/aromatic N) is 1. The van der Waals surface area contributed by atoms with E-state index in [4.69, 9.17) is 0 Å². The Labute approximate surface area is 123 Å². The number of carbonyl (C=O) groups is 2. The molecule has 0 saturated carbocycles. The summed E-state index contributed by atoms with van der Waals surface area (Å²) in [5.41, 5.74) is -0.738. The van der Waals surface area contributed by atoms with Crippen LogP contribution >= 0.6 is 11.3 Å². The van der Waals surface area contributed by atoms with Crippen LogP contribution in [-0.4, -0.2) is 35.0 Å². The summed E-state index contributed by atoms with van der Waals surface area (Å²) in [5.74, 6) is -0.707. The molecule has 0 bridgehead atoms. The van der Waals surface area contributed by atoms with Crippen LogP contribution in [0.4, 0.5) is 0 Å². The van der Waals surface area contributed by atoms with Crippen LogP contribution in [0.2, 0.25) is 0 Å². The van der Waals surface area contributed by atoms with Crippen molar-refractivity contribution in [3.63, 3.8) is 0 Å². The highest BCUT2D eigenvalue weighted by Crippen LogP contribution is 2.35. The molecule has 5 heteroatoms. The molecule has 1 amide bonds. The molecule has 1 atom stereocenters. The van der Waals surface area contributed by atoms with Crippen LogP contribution in [0.1, 0.15) is 37.5 Å². The molecule has 0 spiro atoms. The van der Waals surface area contributed by atoms with E-state index < -0.39 is 11.4 Å². The molecule has 110 valence electrons. The van der Waals surface area contributed by atoms with Gasteiger partial charge in [-0.15, -0.1) is 11.3 Å². The molecule has 4 nitrogen and oxygen atoms in total. The predicted octanol–water partition coefficient (Wildman–Crippen LogP) is 2.78. The molecule has 1 N–H and O–H groups in total. The minimum Gasteiger partial charge on any atom is -0.481 e. The van der Waals surface area contributed by atoms with Crippen LogP contribution in [-0.2, 0) is 16.0 Å². The fourth-order valence-corrected chi connectivity index (χ4v) is 3.68. The first-order valence-electron chi connectivity index (χ1n) is 7.11. The fraction of sp³-hybridized carbons (Fsp3) is 0.600. The second-order valence-electron chi connectivity index (χ2n) is 5.51. The molecule has 1 aromatic rings. The number of piperidine rings is 1. The fourth-order valence-electron chi connectivity index (χ4n) is 2.98. The zero-order chi connectivity index (χ0) is 14.6. The largest absolute Gasteiger partial charge is 0.481 e. The van der Waals surface area contributed by atoms with E-state index in [-0.39, 0.29) is 5.91 Å². The zero-order valence-electron chi connectivity index (χ0n) is 11.8. The molecule has 0 aromatic carbocycles. The van der Waals surface area contributed by atoms with Gasteiger partial charge in [0.2, 0.25) is 5.91 Å². The topological polar surface area (TPSA) is 57.6 Å². The van der Waals surface area contributed by atoms with Gasteiger partial charge in [-0.3, -0.25) is 9.59 Å². The van der Waals surface area contributed by atoms with Gasteiger partial charge in [0.1, 0.15) is 0 Å². The van der Waals surface area contributed by atoms with Gasteiger partial charge in [0.05, 0.1) is 11.8 Å². The number of aliphatic carboxylic acids is 1. The Bertz CT molecular complexity index is 467. The van der Waals surface area contributed by atoms with Crippen molar-refractivity contribution in [1.29, 1.82) is 0 Å². The smallest absolute Gasteiger partial charge is 0.311 e. The number of hydrogen-bond donors (Lipinski definition) is 1. The number of hydrogen-bond acceptors (Lipinski definition) is 3. The first kappa shape index (κ1) is 15.0. The highest BCUT2D eigenvalue weighted by molar-refractivity contribution is 7.10. The first-order valence-corrected chi connectivity index (χ1v) is 7.99. The first-order chi connectivity index (χ1) is 9.57. The minimum atomic E-state index is -0.757. The number of thiophene rings is 1. The lowest BCUT2D eigenvalue weighted by Gasteiger charge is -2.40. The van der Waals surface area contributed by atoms with Gasteiger partial charge in [-0.1, -0.05) is 19.4 Å². The van der Waals surface area contributed by atoms with E-state index in [2.05, 4.69) is 0 Å². The average molecular weight is 295 g/mol. The Morgan fingerprint density at radius 2 is 2.30 bits per heavy atom. The zero-order valence-corrected chi connectivity index (χ0v) is 12.6. The number of carbonyl (C=O) groups excluding carboxylic acids is 1. The number of likely N-dealkylation sites (tertiary alicyclic amines) is 1. The summed E-state index contributed by atoms with van der Waals surface area (Å²) in [6.07, 6.45) is 3.32. The molecule has 1 saturated heterocycles. The lowest BCUT2D eigenvalue weighted by atomic mass is 9.76. The third kappa shape index (κ3) is 3.20. The van der Waals surface area contributed by atoms with Gasteiger partial charge in [0.15, 0.2) is 0 Å². The summed E-state index contributed by atoms with van der Waals surface area (Å²) in [5, 5.41) is 11.5. The Morgan fingerprint density at radius 3 is 2.90 bits per heavy atom. The molecular formula is C15H21NO3S. The van der Waals surface area contributed by atoms with Gasteiger partial charge < -0.3 is 10.0 Å². The van der Waals surface area contributed by atoms with E-state index in [1.807, 2.05) is 24.4 Å². The van der Waals surface area contributed by atoms with Crippen molar-refractivity contribution in [1.82, 2.24) is 4.90 Å². The maximum absolute atomic E-state index is 12.3. The summed E-state index contributed by atoms with van der Waals surface area (Å²) in [7, 11) is 0. The maximum Gasteiger partial charge on any atom is 0.311 e. The van der Waals surface area contributed by atoms with Crippen LogP contribution in [0.5, 0.6) is 0 Å². The second-order valence-corrected chi connectivity index (χ2v) is 6.54. The Morgan fingerprint density at radius 1 is 1.50 bits per heavy atom. The van der Waals surface area contributed by atoms with E-state index >= 15 is 0 Å². The van der Waals surface area contributed by atoms with E-state index in [0.717, 1.165) is 17.7 Å². The maximum atomic E-state index is 12.3. The van der Waals surface area contributed by atoms with Gasteiger partial charge in [0.25, 0.3) is 0 Å². The molecule has 1 aliphatic heterocycles. The minimum absolute atomic E-state index is 0.0499. The number of carboxylic acids is 1. The van der Waals surface area contributed by atoms with Crippen molar-refractivity contribution in [2.75, 3.05) is 13.1 Å². The number of amides is 1. The van der Waals surface area contributed by atoms with E-state index in [9.17, 15) is 14.7 Å².